The maximum absolute atomic E-state index is 11.3. The summed E-state index contributed by atoms with van der Waals surface area (Å²) in [6.45, 7) is 4.24. The second-order valence-corrected chi connectivity index (χ2v) is 8.42. The molecule has 0 aliphatic rings. The standard InChI is InChI=1S/C16H34O4S2/c1-3-5-7-9-11-15(21(17)18)13-14-16(22(19)20)12-10-8-6-4-2/h15-16H,3-14H2,1-2H3,(H,17,18)(H,19,20)/p-2. The molecule has 4 nitrogen and oxygen atoms in total. The van der Waals surface area contributed by atoms with Crippen molar-refractivity contribution in [1.29, 1.82) is 0 Å². The molecule has 134 valence electrons. The molecule has 6 heteroatoms. The fourth-order valence-electron chi connectivity index (χ4n) is 2.64. The zero-order chi connectivity index (χ0) is 16.8. The molecule has 0 saturated carbocycles. The van der Waals surface area contributed by atoms with Gasteiger partial charge in [-0.3, -0.25) is 8.42 Å². The van der Waals surface area contributed by atoms with Crippen molar-refractivity contribution in [1.82, 2.24) is 0 Å². The third kappa shape index (κ3) is 11.7. The zero-order valence-electron chi connectivity index (χ0n) is 14.1. The topological polar surface area (TPSA) is 80.3 Å². The molecule has 0 fully saturated rings. The number of rotatable bonds is 15. The summed E-state index contributed by atoms with van der Waals surface area (Å²) in [4.78, 5) is 0. The molecule has 4 atom stereocenters. The van der Waals surface area contributed by atoms with E-state index < -0.39 is 32.7 Å². The second-order valence-electron chi connectivity index (χ2n) is 6.04. The van der Waals surface area contributed by atoms with Crippen LogP contribution in [-0.4, -0.2) is 28.0 Å². The highest BCUT2D eigenvalue weighted by Gasteiger charge is 2.15. The van der Waals surface area contributed by atoms with Crippen molar-refractivity contribution in [2.45, 2.75) is 101 Å². The molecule has 0 aromatic heterocycles. The average Bonchev–Trinajstić information content (AvgIpc) is 2.47. The van der Waals surface area contributed by atoms with Crippen LogP contribution in [0.3, 0.4) is 0 Å². The molecule has 4 unspecified atom stereocenters. The molecule has 0 saturated heterocycles. The van der Waals surface area contributed by atoms with Gasteiger partial charge in [0.2, 0.25) is 0 Å². The summed E-state index contributed by atoms with van der Waals surface area (Å²) in [6, 6.07) is 0. The molecule has 22 heavy (non-hydrogen) atoms. The second kappa shape index (κ2) is 14.8. The summed E-state index contributed by atoms with van der Waals surface area (Å²) in [5.74, 6) is 0. The van der Waals surface area contributed by atoms with Gasteiger partial charge in [0.05, 0.1) is 0 Å². The van der Waals surface area contributed by atoms with E-state index in [1.54, 1.807) is 0 Å². The molecule has 0 amide bonds. The lowest BCUT2D eigenvalue weighted by molar-refractivity contribution is 0.470. The van der Waals surface area contributed by atoms with E-state index in [0.29, 0.717) is 25.7 Å². The summed E-state index contributed by atoms with van der Waals surface area (Å²) in [6.07, 6.45) is 10.7. The van der Waals surface area contributed by atoms with Gasteiger partial charge in [0, 0.05) is 10.5 Å². The van der Waals surface area contributed by atoms with E-state index in [1.807, 2.05) is 0 Å². The number of hydrogen-bond acceptors (Lipinski definition) is 4. The lowest BCUT2D eigenvalue weighted by Crippen LogP contribution is -2.21. The highest BCUT2D eigenvalue weighted by atomic mass is 32.2. The quantitative estimate of drug-likeness (QED) is 0.327. The van der Waals surface area contributed by atoms with Crippen molar-refractivity contribution in [2.75, 3.05) is 0 Å². The molecule has 0 aliphatic heterocycles. The largest absolute Gasteiger partial charge is 0.772 e. The Morgan fingerprint density at radius 1 is 0.636 bits per heavy atom. The Balaban J connectivity index is 4.15. The predicted molar refractivity (Wildman–Crippen MR) is 92.2 cm³/mol. The Kier molecular flexibility index (Phi) is 14.9. The smallest absolute Gasteiger partial charge is 0.0216 e. The van der Waals surface area contributed by atoms with Crippen molar-refractivity contribution in [2.24, 2.45) is 0 Å². The van der Waals surface area contributed by atoms with Gasteiger partial charge in [-0.25, -0.2) is 0 Å². The van der Waals surface area contributed by atoms with Gasteiger partial charge in [-0.1, -0.05) is 87.4 Å². The number of unbranched alkanes of at least 4 members (excludes halogenated alkanes) is 6. The summed E-state index contributed by atoms with van der Waals surface area (Å²) in [7, 11) is 0. The van der Waals surface area contributed by atoms with E-state index in [1.165, 1.54) is 0 Å². The minimum Gasteiger partial charge on any atom is -0.772 e. The van der Waals surface area contributed by atoms with Crippen LogP contribution in [0.25, 0.3) is 0 Å². The van der Waals surface area contributed by atoms with E-state index in [4.69, 9.17) is 0 Å². The van der Waals surface area contributed by atoms with Crippen LogP contribution < -0.4 is 0 Å². The van der Waals surface area contributed by atoms with E-state index >= 15 is 0 Å². The predicted octanol–water partition coefficient (Wildman–Crippen LogP) is 4.20. The fourth-order valence-corrected chi connectivity index (χ4v) is 4.02. The van der Waals surface area contributed by atoms with Gasteiger partial charge < -0.3 is 9.11 Å². The van der Waals surface area contributed by atoms with Crippen molar-refractivity contribution in [3.05, 3.63) is 0 Å². The van der Waals surface area contributed by atoms with E-state index in [2.05, 4.69) is 13.8 Å². The highest BCUT2D eigenvalue weighted by Crippen LogP contribution is 2.20. The fraction of sp³-hybridized carbons (Fsp3) is 1.00. The Bertz CT molecular complexity index is 281. The van der Waals surface area contributed by atoms with Crippen molar-refractivity contribution in [3.8, 4) is 0 Å². The van der Waals surface area contributed by atoms with Gasteiger partial charge >= 0.3 is 0 Å². The molecule has 0 N–H and O–H groups in total. The normalized spacial score (nSPS) is 17.1. The number of hydrogen-bond donors (Lipinski definition) is 0. The first-order chi connectivity index (χ1) is 10.5. The average molecular weight is 353 g/mol. The first kappa shape index (κ1) is 22.2. The minimum absolute atomic E-state index is 0.390. The molecule has 0 aromatic carbocycles. The van der Waals surface area contributed by atoms with Crippen LogP contribution in [0.1, 0.15) is 90.9 Å². The maximum atomic E-state index is 11.3. The van der Waals surface area contributed by atoms with Crippen LogP contribution in [0.5, 0.6) is 0 Å². The van der Waals surface area contributed by atoms with Crippen LogP contribution in [0.4, 0.5) is 0 Å². The van der Waals surface area contributed by atoms with Gasteiger partial charge in [-0.2, -0.15) is 0 Å². The third-order valence-corrected chi connectivity index (χ3v) is 6.15. The Labute approximate surface area is 141 Å². The SMILES string of the molecule is CCCCCCC(CCC(CCCCCC)S(=O)[O-])S(=O)[O-]. The van der Waals surface area contributed by atoms with Crippen LogP contribution in [0.15, 0.2) is 0 Å². The van der Waals surface area contributed by atoms with E-state index in [-0.39, 0.29) is 0 Å². The highest BCUT2D eigenvalue weighted by molar-refractivity contribution is 7.80. The summed E-state index contributed by atoms with van der Waals surface area (Å²) in [5, 5.41) is -0.780. The van der Waals surface area contributed by atoms with Gasteiger partial charge in [0.15, 0.2) is 0 Å². The van der Waals surface area contributed by atoms with Gasteiger partial charge in [-0.05, 0) is 25.7 Å². The van der Waals surface area contributed by atoms with Crippen molar-refractivity contribution < 1.29 is 17.5 Å². The zero-order valence-corrected chi connectivity index (χ0v) is 15.7. The first-order valence-electron chi connectivity index (χ1n) is 8.69. The first-order valence-corrected chi connectivity index (χ1v) is 11.0. The molecule has 0 bridgehead atoms. The molecule has 0 rings (SSSR count). The van der Waals surface area contributed by atoms with Crippen LogP contribution >= 0.6 is 0 Å². The van der Waals surface area contributed by atoms with E-state index in [0.717, 1.165) is 51.4 Å². The molecule has 0 aliphatic carbocycles. The van der Waals surface area contributed by atoms with Crippen molar-refractivity contribution in [3.63, 3.8) is 0 Å². The summed E-state index contributed by atoms with van der Waals surface area (Å²) < 4.78 is 45.2. The van der Waals surface area contributed by atoms with E-state index in [9.17, 15) is 17.5 Å². The molecule has 0 heterocycles. The van der Waals surface area contributed by atoms with Gasteiger partial charge in [-0.15, -0.1) is 0 Å². The Morgan fingerprint density at radius 2 is 1.00 bits per heavy atom. The van der Waals surface area contributed by atoms with Crippen molar-refractivity contribution >= 4 is 22.2 Å². The Morgan fingerprint density at radius 3 is 1.27 bits per heavy atom. The Hall–Kier alpha value is 0.220. The molecule has 0 aromatic rings. The lowest BCUT2D eigenvalue weighted by Gasteiger charge is -2.24. The summed E-state index contributed by atoms with van der Waals surface area (Å²) >= 11 is -4.20. The summed E-state index contributed by atoms with van der Waals surface area (Å²) in [5.41, 5.74) is 0. The maximum Gasteiger partial charge on any atom is 0.0216 e. The lowest BCUT2D eigenvalue weighted by atomic mass is 10.0. The van der Waals surface area contributed by atoms with Crippen LogP contribution in [0, 0.1) is 0 Å². The van der Waals surface area contributed by atoms with Crippen LogP contribution in [-0.2, 0) is 22.2 Å². The molecular weight excluding hydrogens is 320 g/mol. The van der Waals surface area contributed by atoms with Crippen LogP contribution in [0.2, 0.25) is 0 Å². The molecule has 0 radical (unpaired) electrons. The van der Waals surface area contributed by atoms with Gasteiger partial charge in [0.25, 0.3) is 0 Å². The minimum atomic E-state index is -2.10. The third-order valence-electron chi connectivity index (χ3n) is 4.11. The molecule has 0 spiro atoms. The monoisotopic (exact) mass is 352 g/mol. The van der Waals surface area contributed by atoms with Gasteiger partial charge in [0.1, 0.15) is 0 Å². The molecular formula is C16H32O4S2-2.